The summed E-state index contributed by atoms with van der Waals surface area (Å²) in [6, 6.07) is 1.87. The van der Waals surface area contributed by atoms with Gasteiger partial charge in [-0.1, -0.05) is 6.92 Å². The lowest BCUT2D eigenvalue weighted by molar-refractivity contribution is 0.0984. The van der Waals surface area contributed by atoms with E-state index >= 15 is 0 Å². The number of aromatic amines is 1. The monoisotopic (exact) mass is 137 g/mol. The van der Waals surface area contributed by atoms with Crippen LogP contribution in [0.2, 0.25) is 0 Å². The summed E-state index contributed by atoms with van der Waals surface area (Å²) in [6.07, 6.45) is 2.41. The third kappa shape index (κ3) is 1.26. The smallest absolute Gasteiger partial charge is 0.178 e. The lowest BCUT2D eigenvalue weighted by Crippen LogP contribution is -1.95. The molecule has 0 unspecified atom stereocenters. The van der Waals surface area contributed by atoms with Crippen LogP contribution in [0, 0.1) is 6.92 Å². The van der Waals surface area contributed by atoms with Gasteiger partial charge in [-0.2, -0.15) is 0 Å². The van der Waals surface area contributed by atoms with Gasteiger partial charge < -0.3 is 4.98 Å². The number of hydrogen-bond donors (Lipinski definition) is 1. The Hall–Kier alpha value is -1.05. The van der Waals surface area contributed by atoms with Gasteiger partial charge in [0.15, 0.2) is 5.78 Å². The molecule has 0 aliphatic carbocycles. The van der Waals surface area contributed by atoms with Gasteiger partial charge in [-0.15, -0.1) is 0 Å². The minimum Gasteiger partial charge on any atom is -0.359 e. The molecule has 0 saturated heterocycles. The van der Waals surface area contributed by atoms with Crippen molar-refractivity contribution in [2.75, 3.05) is 0 Å². The maximum atomic E-state index is 11.0. The standard InChI is InChI=1S/C8H11NO/c1-3-8(10)7-4-6(2)5-9-7/h4-5,9H,3H2,1-2H3. The minimum absolute atomic E-state index is 0.174. The predicted molar refractivity (Wildman–Crippen MR) is 40.2 cm³/mol. The van der Waals surface area contributed by atoms with Crippen molar-refractivity contribution in [3.63, 3.8) is 0 Å². The van der Waals surface area contributed by atoms with Gasteiger partial charge in [0.2, 0.25) is 0 Å². The highest BCUT2D eigenvalue weighted by atomic mass is 16.1. The zero-order valence-corrected chi connectivity index (χ0v) is 6.27. The third-order valence-electron chi connectivity index (χ3n) is 1.45. The highest BCUT2D eigenvalue weighted by Crippen LogP contribution is 2.03. The lowest BCUT2D eigenvalue weighted by Gasteiger charge is -1.88. The van der Waals surface area contributed by atoms with Crippen molar-refractivity contribution >= 4 is 5.78 Å². The summed E-state index contributed by atoms with van der Waals surface area (Å²) < 4.78 is 0. The van der Waals surface area contributed by atoms with Gasteiger partial charge in [0.05, 0.1) is 5.69 Å². The van der Waals surface area contributed by atoms with Crippen LogP contribution in [0.3, 0.4) is 0 Å². The topological polar surface area (TPSA) is 32.9 Å². The molecule has 0 aliphatic heterocycles. The average Bonchev–Trinajstić information content (AvgIpc) is 2.34. The fourth-order valence-electron chi connectivity index (χ4n) is 0.854. The van der Waals surface area contributed by atoms with E-state index in [9.17, 15) is 4.79 Å². The summed E-state index contributed by atoms with van der Waals surface area (Å²) in [7, 11) is 0. The molecule has 1 aromatic heterocycles. The van der Waals surface area contributed by atoms with E-state index in [0.29, 0.717) is 6.42 Å². The van der Waals surface area contributed by atoms with Crippen molar-refractivity contribution in [2.24, 2.45) is 0 Å². The van der Waals surface area contributed by atoms with Crippen molar-refractivity contribution in [3.8, 4) is 0 Å². The van der Waals surface area contributed by atoms with Crippen LogP contribution in [-0.2, 0) is 0 Å². The van der Waals surface area contributed by atoms with Crippen molar-refractivity contribution in [2.45, 2.75) is 20.3 Å². The van der Waals surface area contributed by atoms with Crippen LogP contribution in [-0.4, -0.2) is 10.8 Å². The zero-order chi connectivity index (χ0) is 7.56. The Bertz CT molecular complexity index is 237. The predicted octanol–water partition coefficient (Wildman–Crippen LogP) is 1.92. The summed E-state index contributed by atoms with van der Waals surface area (Å²) in [5.41, 5.74) is 1.83. The SMILES string of the molecule is CCC(=O)c1cc(C)c[nH]1. The molecule has 0 bridgehead atoms. The number of aromatic nitrogens is 1. The Labute approximate surface area is 60.3 Å². The first-order chi connectivity index (χ1) is 4.74. The second-order valence-corrected chi connectivity index (χ2v) is 2.37. The number of carbonyl (C=O) groups is 1. The normalized spacial score (nSPS) is 9.80. The second-order valence-electron chi connectivity index (χ2n) is 2.37. The van der Waals surface area contributed by atoms with Crippen molar-refractivity contribution in [1.29, 1.82) is 0 Å². The van der Waals surface area contributed by atoms with E-state index < -0.39 is 0 Å². The van der Waals surface area contributed by atoms with Gasteiger partial charge in [-0.05, 0) is 18.6 Å². The highest BCUT2D eigenvalue weighted by molar-refractivity contribution is 5.94. The molecular formula is C8H11NO. The number of Topliss-reactive ketones (excluding diaryl/α,β-unsaturated/α-hetero) is 1. The molecule has 1 heterocycles. The number of ketones is 1. The molecule has 10 heavy (non-hydrogen) atoms. The van der Waals surface area contributed by atoms with Crippen LogP contribution >= 0.6 is 0 Å². The number of nitrogens with one attached hydrogen (secondary N) is 1. The Morgan fingerprint density at radius 3 is 2.80 bits per heavy atom. The number of H-pyrrole nitrogens is 1. The molecule has 1 aromatic rings. The van der Waals surface area contributed by atoms with Crippen LogP contribution in [0.15, 0.2) is 12.3 Å². The van der Waals surface area contributed by atoms with Gasteiger partial charge >= 0.3 is 0 Å². The molecule has 0 aromatic carbocycles. The van der Waals surface area contributed by atoms with Gasteiger partial charge in [-0.3, -0.25) is 4.79 Å². The van der Waals surface area contributed by atoms with Gasteiger partial charge in [-0.25, -0.2) is 0 Å². The average molecular weight is 137 g/mol. The van der Waals surface area contributed by atoms with E-state index in [4.69, 9.17) is 0 Å². The Morgan fingerprint density at radius 1 is 1.70 bits per heavy atom. The van der Waals surface area contributed by atoms with Crippen LogP contribution in [0.5, 0.6) is 0 Å². The molecular weight excluding hydrogens is 126 g/mol. The number of hydrogen-bond acceptors (Lipinski definition) is 1. The van der Waals surface area contributed by atoms with Crippen LogP contribution in [0.25, 0.3) is 0 Å². The molecule has 2 heteroatoms. The zero-order valence-electron chi connectivity index (χ0n) is 6.27. The van der Waals surface area contributed by atoms with E-state index in [0.717, 1.165) is 11.3 Å². The maximum absolute atomic E-state index is 11.0. The van der Waals surface area contributed by atoms with E-state index in [1.165, 1.54) is 0 Å². The Morgan fingerprint density at radius 2 is 2.40 bits per heavy atom. The molecule has 0 atom stereocenters. The van der Waals surface area contributed by atoms with Crippen LogP contribution < -0.4 is 0 Å². The van der Waals surface area contributed by atoms with E-state index in [2.05, 4.69) is 4.98 Å². The lowest BCUT2D eigenvalue weighted by atomic mass is 10.2. The quantitative estimate of drug-likeness (QED) is 0.620. The molecule has 0 radical (unpaired) electrons. The molecule has 0 spiro atoms. The van der Waals surface area contributed by atoms with Crippen molar-refractivity contribution in [1.82, 2.24) is 4.98 Å². The molecule has 1 rings (SSSR count). The van der Waals surface area contributed by atoms with E-state index in [-0.39, 0.29) is 5.78 Å². The molecule has 1 N–H and O–H groups in total. The van der Waals surface area contributed by atoms with Gasteiger partial charge in [0.1, 0.15) is 0 Å². The summed E-state index contributed by atoms with van der Waals surface area (Å²) in [6.45, 7) is 3.82. The van der Waals surface area contributed by atoms with Crippen molar-refractivity contribution < 1.29 is 4.79 Å². The first-order valence-corrected chi connectivity index (χ1v) is 3.42. The van der Waals surface area contributed by atoms with Crippen LogP contribution in [0.4, 0.5) is 0 Å². The Balaban J connectivity index is 2.85. The third-order valence-corrected chi connectivity index (χ3v) is 1.45. The minimum atomic E-state index is 0.174. The van der Waals surface area contributed by atoms with Gasteiger partial charge in [0, 0.05) is 12.6 Å². The fourth-order valence-corrected chi connectivity index (χ4v) is 0.854. The summed E-state index contributed by atoms with van der Waals surface area (Å²) in [5.74, 6) is 0.174. The number of rotatable bonds is 2. The van der Waals surface area contributed by atoms with E-state index in [1.807, 2.05) is 26.1 Å². The fraction of sp³-hybridized carbons (Fsp3) is 0.375. The summed E-state index contributed by atoms with van der Waals surface area (Å²) in [5, 5.41) is 0. The highest BCUT2D eigenvalue weighted by Gasteiger charge is 2.02. The molecule has 2 nitrogen and oxygen atoms in total. The molecule has 54 valence electrons. The van der Waals surface area contributed by atoms with Crippen molar-refractivity contribution in [3.05, 3.63) is 23.5 Å². The number of carbonyl (C=O) groups excluding carboxylic acids is 1. The summed E-state index contributed by atoms with van der Waals surface area (Å²) >= 11 is 0. The molecule has 0 fully saturated rings. The maximum Gasteiger partial charge on any atom is 0.178 e. The number of aryl methyl sites for hydroxylation is 1. The first kappa shape index (κ1) is 7.06. The molecule has 0 aliphatic rings. The van der Waals surface area contributed by atoms with E-state index in [1.54, 1.807) is 0 Å². The Kier molecular flexibility index (Phi) is 1.90. The first-order valence-electron chi connectivity index (χ1n) is 3.42. The van der Waals surface area contributed by atoms with Gasteiger partial charge in [0.25, 0.3) is 0 Å². The molecule has 0 amide bonds. The molecule has 0 saturated carbocycles. The summed E-state index contributed by atoms with van der Waals surface area (Å²) in [4.78, 5) is 13.9. The second kappa shape index (κ2) is 2.69. The largest absolute Gasteiger partial charge is 0.359 e. The van der Waals surface area contributed by atoms with Crippen LogP contribution in [0.1, 0.15) is 29.4 Å².